The molecule has 0 aliphatic rings. The molecule has 0 saturated heterocycles. The largest absolute Gasteiger partial charge is 0.687 e. The monoisotopic (exact) mass is 272 g/mol. The molecular weight excluding hydrogens is 253 g/mol. The van der Waals surface area contributed by atoms with Gasteiger partial charge in [-0.05, 0) is 18.8 Å². The third-order valence-electron chi connectivity index (χ3n) is 2.37. The normalized spacial score (nSPS) is 11.9. The van der Waals surface area contributed by atoms with Crippen LogP contribution in [0.4, 0.5) is 5.69 Å². The Hall–Kier alpha value is -1.11. The second kappa shape index (κ2) is 5.68. The van der Waals surface area contributed by atoms with E-state index in [-0.39, 0.29) is 0 Å². The zero-order valence-electron chi connectivity index (χ0n) is 11.1. The van der Waals surface area contributed by atoms with Gasteiger partial charge in [-0.15, -0.1) is 5.69 Å². The lowest BCUT2D eigenvalue weighted by Crippen LogP contribution is -2.17. The summed E-state index contributed by atoms with van der Waals surface area (Å²) >= 11 is 0. The minimum Gasteiger partial charge on any atom is -0.687 e. The van der Waals surface area contributed by atoms with Crippen molar-refractivity contribution in [1.29, 1.82) is 0 Å². The summed E-state index contributed by atoms with van der Waals surface area (Å²) in [5.41, 5.74) is 1.13. The van der Waals surface area contributed by atoms with Crippen molar-refractivity contribution >= 4 is 33.1 Å². The Bertz CT molecular complexity index is 505. The molecule has 0 bridgehead atoms. The second-order valence-corrected chi connectivity index (χ2v) is 11.3. The lowest BCUT2D eigenvalue weighted by molar-refractivity contribution is 1.66. The second-order valence-electron chi connectivity index (χ2n) is 5.32. The fourth-order valence-corrected chi connectivity index (χ4v) is 3.73. The van der Waals surface area contributed by atoms with Crippen LogP contribution in [-0.2, 0) is 0 Å². The van der Waals surface area contributed by atoms with Gasteiger partial charge in [-0.25, -0.2) is 0 Å². The summed E-state index contributed by atoms with van der Waals surface area (Å²) in [4.78, 5) is 4.84. The maximum atomic E-state index is 4.84. The zero-order valence-corrected chi connectivity index (χ0v) is 13.1. The molecule has 3 heteroatoms. The van der Waals surface area contributed by atoms with E-state index in [1.807, 2.05) is 0 Å². The van der Waals surface area contributed by atoms with Gasteiger partial charge in [0.05, 0.1) is 0 Å². The number of hydrogen-bond donors (Lipinski definition) is 0. The predicted molar refractivity (Wildman–Crippen MR) is 86.8 cm³/mol. The van der Waals surface area contributed by atoms with Gasteiger partial charge < -0.3 is 4.98 Å². The quantitative estimate of drug-likeness (QED) is 0.586. The molecule has 0 aromatic heterocycles. The lowest BCUT2D eigenvalue weighted by Gasteiger charge is -2.36. The Morgan fingerprint density at radius 3 is 2.17 bits per heavy atom. The van der Waals surface area contributed by atoms with E-state index >= 15 is 0 Å². The van der Waals surface area contributed by atoms with E-state index in [1.165, 1.54) is 10.6 Å². The molecule has 1 atom stereocenters. The van der Waals surface area contributed by atoms with Gasteiger partial charge in [-0.1, -0.05) is 82.8 Å². The van der Waals surface area contributed by atoms with Crippen molar-refractivity contribution in [2.75, 3.05) is 0 Å². The van der Waals surface area contributed by atoms with Crippen LogP contribution in [0.1, 0.15) is 0 Å². The van der Waals surface area contributed by atoms with Crippen molar-refractivity contribution in [3.05, 3.63) is 59.6 Å². The number of hydrogen-bond acceptors (Lipinski definition) is 0. The highest BCUT2D eigenvalue weighted by Gasteiger charge is 2.00. The van der Waals surface area contributed by atoms with Gasteiger partial charge in [0.25, 0.3) is 0 Å². The van der Waals surface area contributed by atoms with Crippen molar-refractivity contribution in [2.24, 2.45) is 0 Å². The molecule has 0 spiro atoms. The highest BCUT2D eigenvalue weighted by atomic mass is 31.1. The van der Waals surface area contributed by atoms with Crippen LogP contribution >= 0.6 is 8.58 Å². The Morgan fingerprint density at radius 2 is 1.50 bits per heavy atom. The molecule has 0 N–H and O–H groups in total. The molecule has 2 aromatic rings. The first-order valence-electron chi connectivity index (χ1n) is 6.18. The highest BCUT2D eigenvalue weighted by molar-refractivity contribution is 7.55. The minimum atomic E-state index is -1.38. The first kappa shape index (κ1) is 13.3. The Kier molecular flexibility index (Phi) is 4.21. The third kappa shape index (κ3) is 4.28. The predicted octanol–water partition coefficient (Wildman–Crippen LogP) is 4.16. The summed E-state index contributed by atoms with van der Waals surface area (Å²) < 4.78 is 0. The molecule has 0 aliphatic carbocycles. The molecule has 2 rings (SSSR count). The van der Waals surface area contributed by atoms with Crippen molar-refractivity contribution in [1.82, 2.24) is 0 Å². The molecule has 1 nitrogen and oxygen atoms in total. The van der Waals surface area contributed by atoms with Crippen molar-refractivity contribution < 1.29 is 0 Å². The van der Waals surface area contributed by atoms with E-state index < -0.39 is 8.24 Å². The fourth-order valence-electron chi connectivity index (χ4n) is 1.73. The Labute approximate surface area is 113 Å². The molecule has 0 aliphatic heterocycles. The van der Waals surface area contributed by atoms with Crippen LogP contribution in [0.3, 0.4) is 0 Å². The summed E-state index contributed by atoms with van der Waals surface area (Å²) in [6, 6.07) is 19.3. The van der Waals surface area contributed by atoms with Crippen molar-refractivity contribution in [3.63, 3.8) is 0 Å². The van der Waals surface area contributed by atoms with Gasteiger partial charge in [0, 0.05) is 0 Å². The molecule has 0 heterocycles. The van der Waals surface area contributed by atoms with E-state index in [4.69, 9.17) is 4.98 Å². The summed E-state index contributed by atoms with van der Waals surface area (Å²) in [7, 11) is -0.670. The number of rotatable bonds is 4. The van der Waals surface area contributed by atoms with Gasteiger partial charge in [0.2, 0.25) is 0 Å². The summed E-state index contributed by atoms with van der Waals surface area (Å²) in [5, 5.41) is 2.74. The standard InChI is InChI=1S/C15H19NPSi/c1-18(2,3)16-13-8-7-11-15(12-13)17-14-9-5-4-6-10-14/h4-12,17H,1-3H3/q-1. The average molecular weight is 272 g/mol. The lowest BCUT2D eigenvalue weighted by atomic mass is 10.3. The molecule has 18 heavy (non-hydrogen) atoms. The molecule has 0 amide bonds. The molecule has 1 unspecified atom stereocenters. The molecule has 2 aromatic carbocycles. The van der Waals surface area contributed by atoms with E-state index in [9.17, 15) is 0 Å². The first-order valence-corrected chi connectivity index (χ1v) is 10.6. The number of nitrogens with zero attached hydrogens (tertiary/aromatic N) is 1. The number of benzene rings is 2. The fraction of sp³-hybridized carbons (Fsp3) is 0.200. The van der Waals surface area contributed by atoms with Gasteiger partial charge >= 0.3 is 0 Å². The summed E-state index contributed by atoms with van der Waals surface area (Å²) in [6.07, 6.45) is 0. The minimum absolute atomic E-state index is 0.715. The Balaban J connectivity index is 2.13. The molecule has 0 saturated carbocycles. The van der Waals surface area contributed by atoms with Gasteiger partial charge in [-0.2, -0.15) is 0 Å². The summed E-state index contributed by atoms with van der Waals surface area (Å²) in [5.74, 6) is 0. The van der Waals surface area contributed by atoms with Crippen LogP contribution in [0.15, 0.2) is 54.6 Å². The van der Waals surface area contributed by atoms with Gasteiger partial charge in [0.15, 0.2) is 0 Å². The van der Waals surface area contributed by atoms with Crippen LogP contribution < -0.4 is 10.6 Å². The van der Waals surface area contributed by atoms with Crippen LogP contribution in [0, 0.1) is 0 Å². The zero-order chi connectivity index (χ0) is 13.0. The SMILES string of the molecule is C[Si](C)(C)[N-]c1cccc(Pc2ccccc2)c1. The smallest absolute Gasteiger partial charge is 0.0226 e. The maximum Gasteiger partial charge on any atom is -0.0226 e. The van der Waals surface area contributed by atoms with E-state index in [2.05, 4.69) is 74.2 Å². The van der Waals surface area contributed by atoms with Crippen molar-refractivity contribution in [3.8, 4) is 0 Å². The molecule has 0 fully saturated rings. The third-order valence-corrected chi connectivity index (χ3v) is 4.52. The highest BCUT2D eigenvalue weighted by Crippen LogP contribution is 2.26. The average Bonchev–Trinajstić information content (AvgIpc) is 2.28. The van der Waals surface area contributed by atoms with E-state index in [1.54, 1.807) is 0 Å². The molecular formula is C15H19NPSi-. The first-order chi connectivity index (χ1) is 8.53. The maximum absolute atomic E-state index is 4.84. The van der Waals surface area contributed by atoms with Gasteiger partial charge in [0.1, 0.15) is 0 Å². The van der Waals surface area contributed by atoms with E-state index in [0.717, 1.165) is 5.69 Å². The Morgan fingerprint density at radius 1 is 0.833 bits per heavy atom. The van der Waals surface area contributed by atoms with Gasteiger partial charge in [-0.3, -0.25) is 0 Å². The van der Waals surface area contributed by atoms with Crippen molar-refractivity contribution in [2.45, 2.75) is 19.6 Å². The molecule has 94 valence electrons. The van der Waals surface area contributed by atoms with Crippen LogP contribution in [0.2, 0.25) is 19.6 Å². The van der Waals surface area contributed by atoms with Crippen LogP contribution in [0.25, 0.3) is 4.98 Å². The topological polar surface area (TPSA) is 14.1 Å². The molecule has 0 radical (unpaired) electrons. The summed E-state index contributed by atoms with van der Waals surface area (Å²) in [6.45, 7) is 6.79. The van der Waals surface area contributed by atoms with E-state index in [0.29, 0.717) is 8.58 Å². The van der Waals surface area contributed by atoms with Crippen LogP contribution in [-0.4, -0.2) is 8.24 Å². The van der Waals surface area contributed by atoms with Crippen LogP contribution in [0.5, 0.6) is 0 Å².